The zero-order valence-electron chi connectivity index (χ0n) is 7.77. The molecule has 2 atom stereocenters. The molecule has 1 saturated heterocycles. The van der Waals surface area contributed by atoms with E-state index in [0.717, 1.165) is 0 Å². The maximum Gasteiger partial charge on any atom is 0.509 e. The van der Waals surface area contributed by atoms with Gasteiger partial charge in [0.1, 0.15) is 0 Å². The summed E-state index contributed by atoms with van der Waals surface area (Å²) in [5.74, 6) is -0.555. The van der Waals surface area contributed by atoms with Crippen LogP contribution < -0.4 is 0 Å². The normalized spacial score (nSPS) is 26.9. The number of carbonyl (C=O) groups excluding carboxylic acids is 2. The number of methoxy groups -OCH3 is 1. The van der Waals surface area contributed by atoms with Gasteiger partial charge < -0.3 is 14.2 Å². The van der Waals surface area contributed by atoms with Crippen LogP contribution in [-0.2, 0) is 19.0 Å². The van der Waals surface area contributed by atoms with E-state index in [4.69, 9.17) is 4.74 Å². The molecule has 1 heterocycles. The van der Waals surface area contributed by atoms with Crippen LogP contribution in [-0.4, -0.2) is 31.4 Å². The Hall–Kier alpha value is -1.26. The maximum absolute atomic E-state index is 11.1. The summed E-state index contributed by atoms with van der Waals surface area (Å²) in [6.07, 6.45) is -2.27. The van der Waals surface area contributed by atoms with Gasteiger partial charge >= 0.3 is 12.1 Å². The topological polar surface area (TPSA) is 61.8 Å². The van der Waals surface area contributed by atoms with Gasteiger partial charge in [0.25, 0.3) is 0 Å². The molecule has 0 bridgehead atoms. The molecule has 0 aromatic heterocycles. The first kappa shape index (κ1) is 9.83. The van der Waals surface area contributed by atoms with Gasteiger partial charge in [0.05, 0.1) is 7.11 Å². The maximum atomic E-state index is 11.1. The van der Waals surface area contributed by atoms with Crippen molar-refractivity contribution in [3.63, 3.8) is 0 Å². The molecule has 0 spiro atoms. The van der Waals surface area contributed by atoms with Crippen LogP contribution in [0.5, 0.6) is 0 Å². The molecule has 1 fully saturated rings. The van der Waals surface area contributed by atoms with E-state index < -0.39 is 24.3 Å². The Morgan fingerprint density at radius 1 is 1.46 bits per heavy atom. The van der Waals surface area contributed by atoms with Crippen LogP contribution in [0, 0.1) is 5.92 Å². The van der Waals surface area contributed by atoms with Crippen LogP contribution >= 0.6 is 0 Å². The summed E-state index contributed by atoms with van der Waals surface area (Å²) >= 11 is 0. The van der Waals surface area contributed by atoms with Gasteiger partial charge in [0.2, 0.25) is 6.10 Å². The highest BCUT2D eigenvalue weighted by molar-refractivity contribution is 5.80. The summed E-state index contributed by atoms with van der Waals surface area (Å²) in [5, 5.41) is 0. The minimum absolute atomic E-state index is 0.0237. The van der Waals surface area contributed by atoms with E-state index in [1.54, 1.807) is 0 Å². The van der Waals surface area contributed by atoms with Crippen molar-refractivity contribution in [1.29, 1.82) is 0 Å². The zero-order valence-corrected chi connectivity index (χ0v) is 7.77. The van der Waals surface area contributed by atoms with E-state index in [1.807, 2.05) is 13.8 Å². The second-order valence-corrected chi connectivity index (χ2v) is 3.14. The number of rotatable bonds is 2. The third-order valence-electron chi connectivity index (χ3n) is 1.84. The Morgan fingerprint density at radius 3 is 2.54 bits per heavy atom. The molecule has 5 heteroatoms. The molecule has 0 aliphatic carbocycles. The Balaban J connectivity index is 2.71. The standard InChI is InChI=1S/C8H12O5/c1-4(2)5-6(7(9)11-3)13-8(10)12-5/h4-6H,1-3H3. The fraction of sp³-hybridized carbons (Fsp3) is 0.750. The Kier molecular flexibility index (Phi) is 2.75. The van der Waals surface area contributed by atoms with Gasteiger partial charge in [-0.1, -0.05) is 13.8 Å². The molecular weight excluding hydrogens is 176 g/mol. The number of hydrogen-bond acceptors (Lipinski definition) is 5. The lowest BCUT2D eigenvalue weighted by molar-refractivity contribution is -0.151. The first-order chi connectivity index (χ1) is 6.06. The van der Waals surface area contributed by atoms with Crippen molar-refractivity contribution in [2.24, 2.45) is 5.92 Å². The van der Waals surface area contributed by atoms with Crippen molar-refractivity contribution in [2.45, 2.75) is 26.1 Å². The number of carbonyl (C=O) groups is 2. The van der Waals surface area contributed by atoms with E-state index in [-0.39, 0.29) is 5.92 Å². The van der Waals surface area contributed by atoms with Crippen molar-refractivity contribution in [1.82, 2.24) is 0 Å². The SMILES string of the molecule is COC(=O)C1OC(=O)OC1C(C)C. The van der Waals surface area contributed by atoms with E-state index in [2.05, 4.69) is 9.47 Å². The molecule has 0 aromatic rings. The van der Waals surface area contributed by atoms with Crippen LogP contribution in [0.15, 0.2) is 0 Å². The average Bonchev–Trinajstić information content (AvgIpc) is 2.46. The largest absolute Gasteiger partial charge is 0.509 e. The van der Waals surface area contributed by atoms with Crippen LogP contribution in [0.3, 0.4) is 0 Å². The zero-order chi connectivity index (χ0) is 10.0. The molecule has 0 aromatic carbocycles. The Labute approximate surface area is 76.0 Å². The minimum atomic E-state index is -0.919. The van der Waals surface area contributed by atoms with E-state index >= 15 is 0 Å². The van der Waals surface area contributed by atoms with E-state index in [9.17, 15) is 9.59 Å². The van der Waals surface area contributed by atoms with Crippen molar-refractivity contribution >= 4 is 12.1 Å². The smallest absolute Gasteiger partial charge is 0.466 e. The lowest BCUT2D eigenvalue weighted by atomic mass is 10.0. The predicted octanol–water partition coefficient (Wildman–Crippen LogP) is 0.719. The third kappa shape index (κ3) is 1.91. The first-order valence-electron chi connectivity index (χ1n) is 4.01. The summed E-state index contributed by atoms with van der Waals surface area (Å²) < 4.78 is 13.9. The first-order valence-corrected chi connectivity index (χ1v) is 4.01. The van der Waals surface area contributed by atoms with Gasteiger partial charge in [0, 0.05) is 0 Å². The molecule has 13 heavy (non-hydrogen) atoms. The van der Waals surface area contributed by atoms with E-state index in [1.165, 1.54) is 7.11 Å². The number of esters is 1. The lowest BCUT2D eigenvalue weighted by Crippen LogP contribution is -2.35. The second kappa shape index (κ2) is 3.64. The molecule has 1 rings (SSSR count). The molecule has 0 saturated carbocycles. The summed E-state index contributed by atoms with van der Waals surface area (Å²) in [5.41, 5.74) is 0. The van der Waals surface area contributed by atoms with Crippen molar-refractivity contribution < 1.29 is 23.8 Å². The van der Waals surface area contributed by atoms with Gasteiger partial charge in [-0.25, -0.2) is 9.59 Å². The van der Waals surface area contributed by atoms with E-state index in [0.29, 0.717) is 0 Å². The molecule has 74 valence electrons. The average molecular weight is 188 g/mol. The predicted molar refractivity (Wildman–Crippen MR) is 42.0 cm³/mol. The highest BCUT2D eigenvalue weighted by Crippen LogP contribution is 2.22. The molecular formula is C8H12O5. The minimum Gasteiger partial charge on any atom is -0.466 e. The summed E-state index contributed by atoms with van der Waals surface area (Å²) in [4.78, 5) is 21.8. The van der Waals surface area contributed by atoms with Gasteiger partial charge in [-0.2, -0.15) is 0 Å². The molecule has 1 aliphatic rings. The Bertz CT molecular complexity index is 223. The fourth-order valence-corrected chi connectivity index (χ4v) is 1.16. The third-order valence-corrected chi connectivity index (χ3v) is 1.84. The Morgan fingerprint density at radius 2 is 2.08 bits per heavy atom. The highest BCUT2D eigenvalue weighted by atomic mass is 16.8. The van der Waals surface area contributed by atoms with Crippen LogP contribution in [0.1, 0.15) is 13.8 Å². The van der Waals surface area contributed by atoms with Crippen molar-refractivity contribution in [3.8, 4) is 0 Å². The second-order valence-electron chi connectivity index (χ2n) is 3.14. The van der Waals surface area contributed by atoms with Gasteiger partial charge in [-0.15, -0.1) is 0 Å². The lowest BCUT2D eigenvalue weighted by Gasteiger charge is -2.15. The van der Waals surface area contributed by atoms with Crippen LogP contribution in [0.2, 0.25) is 0 Å². The molecule has 2 unspecified atom stereocenters. The molecule has 0 N–H and O–H groups in total. The summed E-state index contributed by atoms with van der Waals surface area (Å²) in [6, 6.07) is 0. The summed E-state index contributed by atoms with van der Waals surface area (Å²) in [6.45, 7) is 3.67. The fourth-order valence-electron chi connectivity index (χ4n) is 1.16. The van der Waals surface area contributed by atoms with Gasteiger partial charge in [0.15, 0.2) is 6.10 Å². The quantitative estimate of drug-likeness (QED) is 0.597. The van der Waals surface area contributed by atoms with Gasteiger partial charge in [-0.3, -0.25) is 0 Å². The highest BCUT2D eigenvalue weighted by Gasteiger charge is 2.44. The van der Waals surface area contributed by atoms with Crippen molar-refractivity contribution in [2.75, 3.05) is 7.11 Å². The molecule has 1 aliphatic heterocycles. The van der Waals surface area contributed by atoms with Crippen LogP contribution in [0.4, 0.5) is 4.79 Å². The molecule has 0 radical (unpaired) electrons. The monoisotopic (exact) mass is 188 g/mol. The van der Waals surface area contributed by atoms with Gasteiger partial charge in [-0.05, 0) is 5.92 Å². The summed E-state index contributed by atoms with van der Waals surface area (Å²) in [7, 11) is 1.24. The molecule has 0 amide bonds. The number of hydrogen-bond donors (Lipinski definition) is 0. The van der Waals surface area contributed by atoms with Crippen molar-refractivity contribution in [3.05, 3.63) is 0 Å². The van der Waals surface area contributed by atoms with Crippen LogP contribution in [0.25, 0.3) is 0 Å². The number of cyclic esters (lactones) is 2. The molecule has 5 nitrogen and oxygen atoms in total. The number of ether oxygens (including phenoxy) is 3.